The third kappa shape index (κ3) is 5.29. The highest BCUT2D eigenvalue weighted by Gasteiger charge is 2.08. The molecular formula is C12H15BrN2O3. The second kappa shape index (κ2) is 7.13. The van der Waals surface area contributed by atoms with Crippen LogP contribution in [0, 0.1) is 0 Å². The fraction of sp³-hybridized carbons (Fsp3) is 0.333. The van der Waals surface area contributed by atoms with Crippen molar-refractivity contribution in [2.24, 2.45) is 0 Å². The van der Waals surface area contributed by atoms with Gasteiger partial charge in [-0.2, -0.15) is 0 Å². The monoisotopic (exact) mass is 314 g/mol. The lowest BCUT2D eigenvalue weighted by atomic mass is 10.2. The van der Waals surface area contributed by atoms with Crippen LogP contribution in [0.5, 0.6) is 0 Å². The van der Waals surface area contributed by atoms with Crippen molar-refractivity contribution in [3.63, 3.8) is 0 Å². The number of hydrogen-bond donors (Lipinski definition) is 3. The Bertz CT molecular complexity index is 435. The second-order valence-corrected chi connectivity index (χ2v) is 4.76. The number of carbonyl (C=O) groups excluding carboxylic acids is 2. The highest BCUT2D eigenvalue weighted by atomic mass is 79.9. The highest BCUT2D eigenvalue weighted by molar-refractivity contribution is 9.10. The van der Waals surface area contributed by atoms with Crippen LogP contribution in [-0.4, -0.2) is 36.1 Å². The summed E-state index contributed by atoms with van der Waals surface area (Å²) < 4.78 is 0.800. The fourth-order valence-electron chi connectivity index (χ4n) is 1.22. The zero-order valence-corrected chi connectivity index (χ0v) is 11.5. The molecule has 0 bridgehead atoms. The first kappa shape index (κ1) is 14.7. The fourth-order valence-corrected chi connectivity index (χ4v) is 1.62. The standard InChI is InChI=1S/C12H15BrN2O3/c1-8(16)6-14-11(17)7-15-12(18)9-3-2-4-10(13)5-9/h2-5,8,16H,6-7H2,1H3,(H,14,17)(H,15,18)/t8-/m1/s1. The Labute approximate surface area is 114 Å². The van der Waals surface area contributed by atoms with Crippen molar-refractivity contribution in [2.75, 3.05) is 13.1 Å². The maximum absolute atomic E-state index is 11.7. The van der Waals surface area contributed by atoms with Crippen molar-refractivity contribution in [3.05, 3.63) is 34.3 Å². The van der Waals surface area contributed by atoms with Crippen molar-refractivity contribution in [1.29, 1.82) is 0 Å². The Hall–Kier alpha value is -1.40. The molecule has 0 fully saturated rings. The molecule has 18 heavy (non-hydrogen) atoms. The molecule has 0 aliphatic carbocycles. The Morgan fingerprint density at radius 2 is 2.11 bits per heavy atom. The predicted octanol–water partition coefficient (Wildman–Crippen LogP) is 0.676. The van der Waals surface area contributed by atoms with Gasteiger partial charge in [0, 0.05) is 16.6 Å². The summed E-state index contributed by atoms with van der Waals surface area (Å²) in [5.74, 6) is -0.650. The van der Waals surface area contributed by atoms with Gasteiger partial charge in [0.2, 0.25) is 5.91 Å². The van der Waals surface area contributed by atoms with Gasteiger partial charge in [0.15, 0.2) is 0 Å². The van der Waals surface area contributed by atoms with Gasteiger partial charge < -0.3 is 15.7 Å². The Balaban J connectivity index is 2.39. The summed E-state index contributed by atoms with van der Waals surface area (Å²) in [6.45, 7) is 1.63. The van der Waals surface area contributed by atoms with Crippen molar-refractivity contribution in [2.45, 2.75) is 13.0 Å². The van der Waals surface area contributed by atoms with Crippen LogP contribution in [0.2, 0.25) is 0 Å². The molecule has 1 rings (SSSR count). The topological polar surface area (TPSA) is 78.4 Å². The summed E-state index contributed by atoms with van der Waals surface area (Å²) in [5.41, 5.74) is 0.479. The zero-order chi connectivity index (χ0) is 13.5. The molecule has 1 aromatic carbocycles. The third-order valence-electron chi connectivity index (χ3n) is 2.09. The number of rotatable bonds is 5. The summed E-state index contributed by atoms with van der Waals surface area (Å²) in [7, 11) is 0. The van der Waals surface area contributed by atoms with E-state index < -0.39 is 6.10 Å². The molecule has 0 saturated carbocycles. The number of aliphatic hydroxyl groups is 1. The average molecular weight is 315 g/mol. The van der Waals surface area contributed by atoms with Crippen LogP contribution in [0.1, 0.15) is 17.3 Å². The second-order valence-electron chi connectivity index (χ2n) is 3.85. The van der Waals surface area contributed by atoms with Crippen LogP contribution in [-0.2, 0) is 4.79 Å². The van der Waals surface area contributed by atoms with Gasteiger partial charge in [0.05, 0.1) is 12.6 Å². The van der Waals surface area contributed by atoms with E-state index in [2.05, 4.69) is 26.6 Å². The van der Waals surface area contributed by atoms with E-state index in [4.69, 9.17) is 5.11 Å². The molecule has 0 spiro atoms. The van der Waals surface area contributed by atoms with Crippen molar-refractivity contribution >= 4 is 27.7 Å². The van der Waals surface area contributed by atoms with Gasteiger partial charge in [0.25, 0.3) is 5.91 Å². The first-order valence-corrected chi connectivity index (χ1v) is 6.27. The Morgan fingerprint density at radius 1 is 1.39 bits per heavy atom. The summed E-state index contributed by atoms with van der Waals surface area (Å²) in [4.78, 5) is 23.0. The SMILES string of the molecule is C[C@@H](O)CNC(=O)CNC(=O)c1cccc(Br)c1. The minimum Gasteiger partial charge on any atom is -0.392 e. The minimum atomic E-state index is -0.602. The van der Waals surface area contributed by atoms with E-state index in [-0.39, 0.29) is 24.9 Å². The number of carbonyl (C=O) groups is 2. The molecule has 3 N–H and O–H groups in total. The van der Waals surface area contributed by atoms with Crippen LogP contribution >= 0.6 is 15.9 Å². The number of hydrogen-bond acceptors (Lipinski definition) is 3. The number of halogens is 1. The van der Waals surface area contributed by atoms with Gasteiger partial charge in [-0.1, -0.05) is 22.0 Å². The van der Waals surface area contributed by atoms with E-state index in [1.807, 2.05) is 6.07 Å². The van der Waals surface area contributed by atoms with E-state index in [9.17, 15) is 9.59 Å². The highest BCUT2D eigenvalue weighted by Crippen LogP contribution is 2.11. The summed E-state index contributed by atoms with van der Waals surface area (Å²) >= 11 is 3.26. The number of aliphatic hydroxyl groups excluding tert-OH is 1. The van der Waals surface area contributed by atoms with Crippen molar-refractivity contribution in [1.82, 2.24) is 10.6 Å². The molecule has 6 heteroatoms. The minimum absolute atomic E-state index is 0.113. The largest absolute Gasteiger partial charge is 0.392 e. The Kier molecular flexibility index (Phi) is 5.80. The number of nitrogens with one attached hydrogen (secondary N) is 2. The first-order chi connectivity index (χ1) is 8.49. The summed E-state index contributed by atoms with van der Waals surface area (Å²) in [5, 5.41) is 14.0. The lowest BCUT2D eigenvalue weighted by molar-refractivity contribution is -0.120. The van der Waals surface area contributed by atoms with Crippen LogP contribution in [0.4, 0.5) is 0 Å². The normalized spacial score (nSPS) is 11.7. The maximum Gasteiger partial charge on any atom is 0.251 e. The molecule has 1 aromatic rings. The maximum atomic E-state index is 11.7. The number of benzene rings is 1. The van der Waals surface area contributed by atoms with E-state index in [1.165, 1.54) is 0 Å². The molecule has 0 aliphatic heterocycles. The number of amides is 2. The van der Waals surface area contributed by atoms with Crippen LogP contribution in [0.3, 0.4) is 0 Å². The molecule has 5 nitrogen and oxygen atoms in total. The van der Waals surface area contributed by atoms with Crippen LogP contribution in [0.15, 0.2) is 28.7 Å². The van der Waals surface area contributed by atoms with E-state index in [0.717, 1.165) is 4.47 Å². The molecule has 2 amide bonds. The molecule has 1 atom stereocenters. The molecule has 0 unspecified atom stereocenters. The van der Waals surface area contributed by atoms with Crippen LogP contribution in [0.25, 0.3) is 0 Å². The van der Waals surface area contributed by atoms with Crippen molar-refractivity contribution < 1.29 is 14.7 Å². The molecule has 0 aromatic heterocycles. The van der Waals surface area contributed by atoms with Gasteiger partial charge in [0.1, 0.15) is 0 Å². The van der Waals surface area contributed by atoms with Gasteiger partial charge in [-0.25, -0.2) is 0 Å². The smallest absolute Gasteiger partial charge is 0.251 e. The lowest BCUT2D eigenvalue weighted by Crippen LogP contribution is -2.39. The van der Waals surface area contributed by atoms with Crippen LogP contribution < -0.4 is 10.6 Å². The van der Waals surface area contributed by atoms with Gasteiger partial charge in [-0.15, -0.1) is 0 Å². The van der Waals surface area contributed by atoms with E-state index in [0.29, 0.717) is 5.56 Å². The van der Waals surface area contributed by atoms with Crippen molar-refractivity contribution in [3.8, 4) is 0 Å². The molecule has 0 heterocycles. The molecule has 0 saturated heterocycles. The molecule has 0 radical (unpaired) electrons. The predicted molar refractivity (Wildman–Crippen MR) is 71.2 cm³/mol. The van der Waals surface area contributed by atoms with E-state index in [1.54, 1.807) is 25.1 Å². The third-order valence-corrected chi connectivity index (χ3v) is 2.58. The molecular weight excluding hydrogens is 300 g/mol. The van der Waals surface area contributed by atoms with Gasteiger partial charge in [-0.05, 0) is 25.1 Å². The van der Waals surface area contributed by atoms with Gasteiger partial charge >= 0.3 is 0 Å². The molecule has 0 aliphatic rings. The quantitative estimate of drug-likeness (QED) is 0.747. The average Bonchev–Trinajstić information content (AvgIpc) is 2.33. The van der Waals surface area contributed by atoms with Gasteiger partial charge in [-0.3, -0.25) is 9.59 Å². The summed E-state index contributed by atoms with van der Waals surface area (Å²) in [6.07, 6.45) is -0.602. The van der Waals surface area contributed by atoms with E-state index >= 15 is 0 Å². The Morgan fingerprint density at radius 3 is 2.72 bits per heavy atom. The zero-order valence-electron chi connectivity index (χ0n) is 9.94. The lowest BCUT2D eigenvalue weighted by Gasteiger charge is -2.08. The first-order valence-electron chi connectivity index (χ1n) is 5.47. The summed E-state index contributed by atoms with van der Waals surface area (Å²) in [6, 6.07) is 6.88. The molecule has 98 valence electrons.